The van der Waals surface area contributed by atoms with Crippen LogP contribution in [0.1, 0.15) is 12.5 Å². The summed E-state index contributed by atoms with van der Waals surface area (Å²) in [7, 11) is 0. The molecule has 1 aliphatic rings. The number of amides is 1. The lowest BCUT2D eigenvalue weighted by Crippen LogP contribution is -2.56. The average molecular weight is 428 g/mol. The van der Waals surface area contributed by atoms with Crippen molar-refractivity contribution in [1.29, 1.82) is 10.7 Å². The van der Waals surface area contributed by atoms with Gasteiger partial charge in [-0.2, -0.15) is 5.26 Å². The SMILES string of the molecule is C=C(/C(C#N)=C/C)N1CC(N/C=C(\C(=N)c2ccc(Oc3ccccc3)cc2)C(N)=O)C1. The summed E-state index contributed by atoms with van der Waals surface area (Å²) in [6.45, 7) is 7.03. The van der Waals surface area contributed by atoms with Gasteiger partial charge in [0.2, 0.25) is 0 Å². The lowest BCUT2D eigenvalue weighted by Gasteiger charge is -2.42. The Morgan fingerprint density at radius 3 is 2.41 bits per heavy atom. The fraction of sp³-hybridized carbons (Fsp3) is 0.160. The van der Waals surface area contributed by atoms with Crippen LogP contribution in [-0.4, -0.2) is 35.7 Å². The first-order chi connectivity index (χ1) is 15.4. The molecule has 1 amide bonds. The van der Waals surface area contributed by atoms with E-state index in [-0.39, 0.29) is 17.3 Å². The maximum atomic E-state index is 12.0. The summed E-state index contributed by atoms with van der Waals surface area (Å²) in [4.78, 5) is 13.9. The van der Waals surface area contributed by atoms with E-state index in [1.54, 1.807) is 37.3 Å². The van der Waals surface area contributed by atoms with Crippen molar-refractivity contribution in [1.82, 2.24) is 10.2 Å². The van der Waals surface area contributed by atoms with Gasteiger partial charge in [0, 0.05) is 30.5 Å². The van der Waals surface area contributed by atoms with E-state index < -0.39 is 5.91 Å². The largest absolute Gasteiger partial charge is 0.457 e. The Kier molecular flexibility index (Phi) is 7.09. The quantitative estimate of drug-likeness (QED) is 0.245. The zero-order valence-corrected chi connectivity index (χ0v) is 17.8. The van der Waals surface area contributed by atoms with Gasteiger partial charge in [0.15, 0.2) is 0 Å². The maximum absolute atomic E-state index is 12.0. The minimum absolute atomic E-state index is 0.0255. The number of allylic oxidation sites excluding steroid dienone is 2. The molecule has 0 aromatic heterocycles. The molecule has 162 valence electrons. The highest BCUT2D eigenvalue weighted by atomic mass is 16.5. The molecule has 0 atom stereocenters. The second-order valence-corrected chi connectivity index (χ2v) is 7.27. The van der Waals surface area contributed by atoms with Crippen LogP contribution >= 0.6 is 0 Å². The summed E-state index contributed by atoms with van der Waals surface area (Å²) >= 11 is 0. The highest BCUT2D eigenvalue weighted by Crippen LogP contribution is 2.23. The molecule has 0 saturated carbocycles. The molecule has 0 spiro atoms. The van der Waals surface area contributed by atoms with Crippen molar-refractivity contribution in [3.8, 4) is 17.6 Å². The molecule has 1 aliphatic heterocycles. The predicted molar refractivity (Wildman–Crippen MR) is 124 cm³/mol. The van der Waals surface area contributed by atoms with Crippen LogP contribution in [0.3, 0.4) is 0 Å². The van der Waals surface area contributed by atoms with Crippen molar-refractivity contribution in [3.63, 3.8) is 0 Å². The first-order valence-corrected chi connectivity index (χ1v) is 10.1. The van der Waals surface area contributed by atoms with E-state index >= 15 is 0 Å². The number of nitrogens with one attached hydrogen (secondary N) is 2. The summed E-state index contributed by atoms with van der Waals surface area (Å²) in [5, 5.41) is 20.7. The minimum Gasteiger partial charge on any atom is -0.457 e. The fourth-order valence-electron chi connectivity index (χ4n) is 3.21. The molecule has 0 bridgehead atoms. The molecule has 0 aliphatic carbocycles. The molecule has 4 N–H and O–H groups in total. The van der Waals surface area contributed by atoms with E-state index in [0.29, 0.717) is 41.4 Å². The van der Waals surface area contributed by atoms with Crippen molar-refractivity contribution in [2.24, 2.45) is 5.73 Å². The van der Waals surface area contributed by atoms with Crippen LogP contribution in [0.15, 0.2) is 90.3 Å². The van der Waals surface area contributed by atoms with E-state index in [1.807, 2.05) is 35.2 Å². The van der Waals surface area contributed by atoms with E-state index in [2.05, 4.69) is 18.0 Å². The van der Waals surface area contributed by atoms with Crippen LogP contribution in [0.4, 0.5) is 0 Å². The van der Waals surface area contributed by atoms with Gasteiger partial charge < -0.3 is 20.7 Å². The first kappa shape index (κ1) is 22.4. The van der Waals surface area contributed by atoms with Crippen LogP contribution in [0.2, 0.25) is 0 Å². The molecule has 2 aromatic rings. The number of carbonyl (C=O) groups is 1. The first-order valence-electron chi connectivity index (χ1n) is 10.1. The molecular weight excluding hydrogens is 402 g/mol. The predicted octanol–water partition coefficient (Wildman–Crippen LogP) is 3.47. The Hall–Kier alpha value is -4.31. The Labute approximate surface area is 187 Å². The Balaban J connectivity index is 1.61. The van der Waals surface area contributed by atoms with Gasteiger partial charge in [0.1, 0.15) is 17.6 Å². The van der Waals surface area contributed by atoms with Gasteiger partial charge in [-0.15, -0.1) is 0 Å². The van der Waals surface area contributed by atoms with Gasteiger partial charge in [-0.05, 0) is 43.3 Å². The lowest BCUT2D eigenvalue weighted by atomic mass is 10.0. The molecule has 0 radical (unpaired) electrons. The number of likely N-dealkylation sites (tertiary alicyclic amines) is 1. The number of hydrogen-bond donors (Lipinski definition) is 3. The molecule has 7 heteroatoms. The fourth-order valence-corrected chi connectivity index (χ4v) is 3.21. The number of benzene rings is 2. The molecule has 0 unspecified atom stereocenters. The molecule has 1 heterocycles. The summed E-state index contributed by atoms with van der Waals surface area (Å²) in [6.07, 6.45) is 3.22. The molecule has 7 nitrogen and oxygen atoms in total. The van der Waals surface area contributed by atoms with Crippen molar-refractivity contribution >= 4 is 11.6 Å². The number of rotatable bonds is 9. The van der Waals surface area contributed by atoms with Crippen molar-refractivity contribution < 1.29 is 9.53 Å². The van der Waals surface area contributed by atoms with Crippen LogP contribution in [0.5, 0.6) is 11.5 Å². The maximum Gasteiger partial charge on any atom is 0.252 e. The van der Waals surface area contributed by atoms with Crippen LogP contribution in [0.25, 0.3) is 0 Å². The van der Waals surface area contributed by atoms with E-state index in [0.717, 1.165) is 0 Å². The third-order valence-corrected chi connectivity index (χ3v) is 5.10. The molecule has 3 rings (SSSR count). The van der Waals surface area contributed by atoms with E-state index in [9.17, 15) is 4.79 Å². The van der Waals surface area contributed by atoms with Crippen molar-refractivity contribution in [3.05, 3.63) is 95.9 Å². The van der Waals surface area contributed by atoms with E-state index in [4.69, 9.17) is 21.1 Å². The molecule has 1 fully saturated rings. The summed E-state index contributed by atoms with van der Waals surface area (Å²) < 4.78 is 5.76. The number of carbonyl (C=O) groups excluding carboxylic acids is 1. The lowest BCUT2D eigenvalue weighted by molar-refractivity contribution is -0.114. The molecular formula is C25H25N5O2. The van der Waals surface area contributed by atoms with Crippen molar-refractivity contribution in [2.45, 2.75) is 13.0 Å². The minimum atomic E-state index is -0.687. The van der Waals surface area contributed by atoms with Gasteiger partial charge in [-0.25, -0.2) is 0 Å². The number of nitriles is 1. The Morgan fingerprint density at radius 1 is 1.22 bits per heavy atom. The topological polar surface area (TPSA) is 115 Å². The monoisotopic (exact) mass is 427 g/mol. The van der Waals surface area contributed by atoms with Crippen molar-refractivity contribution in [2.75, 3.05) is 13.1 Å². The number of para-hydroxylation sites is 1. The summed E-state index contributed by atoms with van der Waals surface area (Å²) in [5.41, 5.74) is 7.40. The number of nitrogens with zero attached hydrogens (tertiary/aromatic N) is 2. The molecule has 1 saturated heterocycles. The third kappa shape index (κ3) is 5.24. The second kappa shape index (κ2) is 10.1. The van der Waals surface area contributed by atoms with Crippen LogP contribution < -0.4 is 15.8 Å². The zero-order chi connectivity index (χ0) is 23.1. The third-order valence-electron chi connectivity index (χ3n) is 5.10. The highest BCUT2D eigenvalue weighted by Gasteiger charge is 2.28. The van der Waals surface area contributed by atoms with Gasteiger partial charge in [0.05, 0.1) is 22.9 Å². The molecule has 2 aromatic carbocycles. The zero-order valence-electron chi connectivity index (χ0n) is 17.8. The van der Waals surface area contributed by atoms with Crippen LogP contribution in [0, 0.1) is 16.7 Å². The Bertz CT molecular complexity index is 1110. The van der Waals surface area contributed by atoms with Gasteiger partial charge >= 0.3 is 0 Å². The average Bonchev–Trinajstić information content (AvgIpc) is 2.76. The number of nitrogens with two attached hydrogens (primary N) is 1. The van der Waals surface area contributed by atoms with Gasteiger partial charge in [-0.3, -0.25) is 10.2 Å². The standard InChI is InChI=1S/C25H25N5O2/c1-3-18(13-26)17(2)30-15-20(16-30)29-14-23(25(28)31)24(27)19-9-11-22(12-10-19)32-21-7-5-4-6-8-21/h3-12,14,20,27,29H,2,15-16H2,1H3,(H2,28,31)/b18-3+,23-14+,27-24?. The molecule has 32 heavy (non-hydrogen) atoms. The normalized spacial score (nSPS) is 14.2. The summed E-state index contributed by atoms with van der Waals surface area (Å²) in [6, 6.07) is 18.5. The number of primary amides is 1. The number of hydrogen-bond acceptors (Lipinski definition) is 6. The Morgan fingerprint density at radius 2 is 1.84 bits per heavy atom. The van der Waals surface area contributed by atoms with E-state index in [1.165, 1.54) is 6.20 Å². The number of ether oxygens (including phenoxy) is 1. The smallest absolute Gasteiger partial charge is 0.252 e. The summed E-state index contributed by atoms with van der Waals surface area (Å²) in [5.74, 6) is 0.655. The second-order valence-electron chi connectivity index (χ2n) is 7.27. The van der Waals surface area contributed by atoms with Gasteiger partial charge in [0.25, 0.3) is 5.91 Å². The highest BCUT2D eigenvalue weighted by molar-refractivity contribution is 6.26. The van der Waals surface area contributed by atoms with Gasteiger partial charge in [-0.1, -0.05) is 30.9 Å². The van der Waals surface area contributed by atoms with Crippen LogP contribution in [-0.2, 0) is 4.79 Å².